The zero-order valence-corrected chi connectivity index (χ0v) is 13.2. The summed E-state index contributed by atoms with van der Waals surface area (Å²) in [5.41, 5.74) is 1.38. The van der Waals surface area contributed by atoms with E-state index in [1.54, 1.807) is 0 Å². The first-order valence-electron chi connectivity index (χ1n) is 8.30. The molecule has 1 N–H and O–H groups in total. The first-order chi connectivity index (χ1) is 10.3. The molecule has 1 aromatic rings. The van der Waals surface area contributed by atoms with Gasteiger partial charge in [0, 0.05) is 26.2 Å². The molecule has 21 heavy (non-hydrogen) atoms. The second-order valence-electron chi connectivity index (χ2n) is 6.17. The molecule has 1 aliphatic rings. The van der Waals surface area contributed by atoms with Gasteiger partial charge in [-0.3, -0.25) is 4.90 Å². The summed E-state index contributed by atoms with van der Waals surface area (Å²) >= 11 is 0. The highest BCUT2D eigenvalue weighted by Gasteiger charge is 2.24. The molecule has 1 saturated heterocycles. The summed E-state index contributed by atoms with van der Waals surface area (Å²) < 4.78 is 6.07. The fourth-order valence-electron chi connectivity index (χ4n) is 3.11. The molecule has 3 heteroatoms. The molecule has 0 radical (unpaired) electrons. The Kier molecular flexibility index (Phi) is 7.20. The number of aliphatic hydroxyl groups excluding tert-OH is 1. The van der Waals surface area contributed by atoms with Crippen LogP contribution in [0.5, 0.6) is 0 Å². The maximum Gasteiger partial charge on any atom is 0.0706 e. The zero-order chi connectivity index (χ0) is 14.9. The molecule has 1 fully saturated rings. The Morgan fingerprint density at radius 1 is 1.10 bits per heavy atom. The van der Waals surface area contributed by atoms with Gasteiger partial charge in [-0.1, -0.05) is 49.6 Å². The standard InChI is InChI=1S/C18H29NO2/c1-16-13-19(14-17-9-5-4-6-10-17)15-18(21-16)11-7-2-3-8-12-20/h4-6,9-10,16,18,20H,2-3,7-8,11-15H2,1H3/t16-,18+/m1/s1. The van der Waals surface area contributed by atoms with E-state index in [2.05, 4.69) is 42.2 Å². The summed E-state index contributed by atoms with van der Waals surface area (Å²) in [6.45, 7) is 5.59. The third kappa shape index (κ3) is 6.16. The SMILES string of the molecule is C[C@@H]1CN(Cc2ccccc2)C[C@H](CCCCCCO)O1. The van der Waals surface area contributed by atoms with Crippen LogP contribution in [0.4, 0.5) is 0 Å². The van der Waals surface area contributed by atoms with Crippen LogP contribution in [0, 0.1) is 0 Å². The summed E-state index contributed by atoms with van der Waals surface area (Å²) in [4.78, 5) is 2.52. The number of hydrogen-bond acceptors (Lipinski definition) is 3. The molecule has 3 nitrogen and oxygen atoms in total. The summed E-state index contributed by atoms with van der Waals surface area (Å²) in [6, 6.07) is 10.7. The molecule has 0 saturated carbocycles. The lowest BCUT2D eigenvalue weighted by Crippen LogP contribution is -2.46. The van der Waals surface area contributed by atoms with Gasteiger partial charge in [0.15, 0.2) is 0 Å². The van der Waals surface area contributed by atoms with Gasteiger partial charge in [-0.2, -0.15) is 0 Å². The third-order valence-corrected chi connectivity index (χ3v) is 4.09. The van der Waals surface area contributed by atoms with E-state index < -0.39 is 0 Å². The van der Waals surface area contributed by atoms with Gasteiger partial charge < -0.3 is 9.84 Å². The van der Waals surface area contributed by atoms with E-state index in [4.69, 9.17) is 9.84 Å². The third-order valence-electron chi connectivity index (χ3n) is 4.09. The molecular formula is C18H29NO2. The van der Waals surface area contributed by atoms with E-state index >= 15 is 0 Å². The van der Waals surface area contributed by atoms with Crippen LogP contribution in [-0.2, 0) is 11.3 Å². The van der Waals surface area contributed by atoms with Gasteiger partial charge in [0.05, 0.1) is 12.2 Å². The van der Waals surface area contributed by atoms with Gasteiger partial charge in [-0.25, -0.2) is 0 Å². The Morgan fingerprint density at radius 3 is 2.62 bits per heavy atom. The average Bonchev–Trinajstić information content (AvgIpc) is 2.47. The number of hydrogen-bond donors (Lipinski definition) is 1. The van der Waals surface area contributed by atoms with Crippen molar-refractivity contribution in [3.63, 3.8) is 0 Å². The molecule has 1 aromatic carbocycles. The summed E-state index contributed by atoms with van der Waals surface area (Å²) in [5, 5.41) is 8.79. The average molecular weight is 291 g/mol. The van der Waals surface area contributed by atoms with Gasteiger partial charge in [0.25, 0.3) is 0 Å². The lowest BCUT2D eigenvalue weighted by Gasteiger charge is -2.37. The Hall–Kier alpha value is -0.900. The van der Waals surface area contributed by atoms with Crippen molar-refractivity contribution in [3.8, 4) is 0 Å². The molecule has 2 atom stereocenters. The smallest absolute Gasteiger partial charge is 0.0706 e. The zero-order valence-electron chi connectivity index (χ0n) is 13.2. The number of unbranched alkanes of at least 4 members (excludes halogenated alkanes) is 3. The molecule has 0 aliphatic carbocycles. The monoisotopic (exact) mass is 291 g/mol. The highest BCUT2D eigenvalue weighted by atomic mass is 16.5. The van der Waals surface area contributed by atoms with E-state index in [-0.39, 0.29) is 0 Å². The number of nitrogens with zero attached hydrogens (tertiary/aromatic N) is 1. The van der Waals surface area contributed by atoms with Crippen LogP contribution in [0.3, 0.4) is 0 Å². The van der Waals surface area contributed by atoms with Crippen LogP contribution in [-0.4, -0.2) is 41.9 Å². The van der Waals surface area contributed by atoms with Gasteiger partial charge >= 0.3 is 0 Å². The minimum absolute atomic E-state index is 0.321. The number of rotatable bonds is 8. The van der Waals surface area contributed by atoms with E-state index in [1.165, 1.54) is 18.4 Å². The van der Waals surface area contributed by atoms with Crippen LogP contribution >= 0.6 is 0 Å². The minimum Gasteiger partial charge on any atom is -0.396 e. The van der Waals surface area contributed by atoms with Crippen molar-refractivity contribution in [1.82, 2.24) is 4.90 Å². The van der Waals surface area contributed by atoms with Crippen molar-refractivity contribution in [2.24, 2.45) is 0 Å². The normalized spacial score (nSPS) is 23.3. The van der Waals surface area contributed by atoms with Gasteiger partial charge in [0.2, 0.25) is 0 Å². The highest BCUT2D eigenvalue weighted by Crippen LogP contribution is 2.18. The van der Waals surface area contributed by atoms with Crippen molar-refractivity contribution in [1.29, 1.82) is 0 Å². The fraction of sp³-hybridized carbons (Fsp3) is 0.667. The molecule has 0 amide bonds. The van der Waals surface area contributed by atoms with Crippen molar-refractivity contribution in [2.45, 2.75) is 57.8 Å². The molecule has 118 valence electrons. The Labute approximate surface area is 128 Å². The van der Waals surface area contributed by atoms with Gasteiger partial charge in [0.1, 0.15) is 0 Å². The van der Waals surface area contributed by atoms with E-state index in [9.17, 15) is 0 Å². The molecule has 1 aliphatic heterocycles. The largest absolute Gasteiger partial charge is 0.396 e. The van der Waals surface area contributed by atoms with Gasteiger partial charge in [-0.05, 0) is 25.3 Å². The molecule has 0 spiro atoms. The lowest BCUT2D eigenvalue weighted by molar-refractivity contribution is -0.0827. The van der Waals surface area contributed by atoms with E-state index in [1.807, 2.05) is 0 Å². The first-order valence-corrected chi connectivity index (χ1v) is 8.30. The molecular weight excluding hydrogens is 262 g/mol. The first kappa shape index (κ1) is 16.5. The van der Waals surface area contributed by atoms with Crippen LogP contribution in [0.2, 0.25) is 0 Å². The molecule has 2 rings (SSSR count). The predicted octanol–water partition coefficient (Wildman–Crippen LogP) is 3.22. The van der Waals surface area contributed by atoms with Crippen molar-refractivity contribution in [2.75, 3.05) is 19.7 Å². The van der Waals surface area contributed by atoms with Crippen LogP contribution in [0.1, 0.15) is 44.6 Å². The molecule has 0 bridgehead atoms. The number of ether oxygens (including phenoxy) is 1. The number of morpholine rings is 1. The predicted molar refractivity (Wildman–Crippen MR) is 86.2 cm³/mol. The van der Waals surface area contributed by atoms with Crippen LogP contribution in [0.25, 0.3) is 0 Å². The molecule has 1 heterocycles. The van der Waals surface area contributed by atoms with Crippen molar-refractivity contribution >= 4 is 0 Å². The quantitative estimate of drug-likeness (QED) is 0.747. The Morgan fingerprint density at radius 2 is 1.86 bits per heavy atom. The Balaban J connectivity index is 1.74. The molecule has 0 aromatic heterocycles. The number of aliphatic hydroxyl groups is 1. The lowest BCUT2D eigenvalue weighted by atomic mass is 10.1. The van der Waals surface area contributed by atoms with Crippen LogP contribution in [0.15, 0.2) is 30.3 Å². The summed E-state index contributed by atoms with van der Waals surface area (Å²) in [7, 11) is 0. The summed E-state index contributed by atoms with van der Waals surface area (Å²) in [5.74, 6) is 0. The minimum atomic E-state index is 0.321. The number of benzene rings is 1. The van der Waals surface area contributed by atoms with E-state index in [0.717, 1.165) is 38.9 Å². The maximum atomic E-state index is 8.79. The van der Waals surface area contributed by atoms with Crippen molar-refractivity contribution < 1.29 is 9.84 Å². The molecule has 0 unspecified atom stereocenters. The Bertz CT molecular complexity index is 382. The second kappa shape index (κ2) is 9.19. The van der Waals surface area contributed by atoms with Crippen LogP contribution < -0.4 is 0 Å². The topological polar surface area (TPSA) is 32.7 Å². The highest BCUT2D eigenvalue weighted by molar-refractivity contribution is 5.14. The van der Waals surface area contributed by atoms with Gasteiger partial charge in [-0.15, -0.1) is 0 Å². The van der Waals surface area contributed by atoms with Crippen molar-refractivity contribution in [3.05, 3.63) is 35.9 Å². The summed E-state index contributed by atoms with van der Waals surface area (Å²) in [6.07, 6.45) is 6.30. The van der Waals surface area contributed by atoms with E-state index in [0.29, 0.717) is 18.8 Å². The fourth-order valence-corrected chi connectivity index (χ4v) is 3.11. The second-order valence-corrected chi connectivity index (χ2v) is 6.17. The maximum absolute atomic E-state index is 8.79.